The molecule has 2 unspecified atom stereocenters. The highest BCUT2D eigenvalue weighted by Crippen LogP contribution is 2.28. The lowest BCUT2D eigenvalue weighted by Gasteiger charge is -2.32. The molecule has 1 amide bonds. The molecule has 2 aliphatic rings. The highest BCUT2D eigenvalue weighted by atomic mass is 19.4. The minimum absolute atomic E-state index is 0.0788. The second-order valence-corrected chi connectivity index (χ2v) is 5.90. The molecule has 0 bridgehead atoms. The molecule has 2 saturated heterocycles. The number of nitrogens with zero attached hydrogens (tertiary/aromatic N) is 2. The van der Waals surface area contributed by atoms with Gasteiger partial charge in [-0.3, -0.25) is 14.7 Å². The first-order valence-electron chi connectivity index (χ1n) is 7.53. The van der Waals surface area contributed by atoms with Crippen LogP contribution in [0.2, 0.25) is 0 Å². The summed E-state index contributed by atoms with van der Waals surface area (Å²) in [6, 6.07) is 2.46. The van der Waals surface area contributed by atoms with E-state index in [9.17, 15) is 18.0 Å². The monoisotopic (exact) mass is 313 g/mol. The number of piperidine rings is 1. The number of fused-ring (bicyclic) bond motifs is 1. The van der Waals surface area contributed by atoms with Gasteiger partial charge >= 0.3 is 6.18 Å². The van der Waals surface area contributed by atoms with E-state index in [0.717, 1.165) is 44.6 Å². The van der Waals surface area contributed by atoms with Crippen molar-refractivity contribution >= 4 is 5.91 Å². The lowest BCUT2D eigenvalue weighted by molar-refractivity contribution is -0.141. The summed E-state index contributed by atoms with van der Waals surface area (Å²) in [5, 5.41) is 2.95. The Hall–Kier alpha value is -1.63. The zero-order valence-corrected chi connectivity index (χ0v) is 12.1. The molecule has 3 rings (SSSR count). The highest BCUT2D eigenvalue weighted by Gasteiger charge is 2.36. The van der Waals surface area contributed by atoms with Crippen LogP contribution in [0.5, 0.6) is 0 Å². The van der Waals surface area contributed by atoms with Gasteiger partial charge in [0.25, 0.3) is 5.91 Å². The molecule has 1 N–H and O–H groups in total. The van der Waals surface area contributed by atoms with Crippen molar-refractivity contribution in [2.24, 2.45) is 0 Å². The molecule has 1 aromatic rings. The van der Waals surface area contributed by atoms with Gasteiger partial charge in [0.2, 0.25) is 0 Å². The summed E-state index contributed by atoms with van der Waals surface area (Å²) in [4.78, 5) is 17.9. The largest absolute Gasteiger partial charge is 0.433 e. The average Bonchev–Trinajstić information content (AvgIpc) is 2.90. The van der Waals surface area contributed by atoms with E-state index >= 15 is 0 Å². The predicted molar refractivity (Wildman–Crippen MR) is 74.3 cm³/mol. The van der Waals surface area contributed by atoms with Crippen molar-refractivity contribution in [3.05, 3.63) is 29.6 Å². The molecular formula is C15H18F3N3O. The third kappa shape index (κ3) is 3.09. The van der Waals surface area contributed by atoms with Crippen molar-refractivity contribution < 1.29 is 18.0 Å². The fraction of sp³-hybridized carbons (Fsp3) is 0.600. The number of halogens is 3. The number of carbonyl (C=O) groups is 1. The normalized spacial score (nSPS) is 25.8. The zero-order valence-electron chi connectivity index (χ0n) is 12.1. The third-order valence-corrected chi connectivity index (χ3v) is 4.49. The summed E-state index contributed by atoms with van der Waals surface area (Å²) in [7, 11) is 0. The van der Waals surface area contributed by atoms with Gasteiger partial charge in [-0.15, -0.1) is 0 Å². The first-order chi connectivity index (χ1) is 10.4. The molecule has 4 nitrogen and oxygen atoms in total. The van der Waals surface area contributed by atoms with Crippen LogP contribution in [0.4, 0.5) is 13.2 Å². The fourth-order valence-electron chi connectivity index (χ4n) is 3.36. The summed E-state index contributed by atoms with van der Waals surface area (Å²) < 4.78 is 37.4. The second kappa shape index (κ2) is 5.87. The van der Waals surface area contributed by atoms with Crippen LogP contribution in [0.1, 0.15) is 41.7 Å². The Labute approximate surface area is 126 Å². The van der Waals surface area contributed by atoms with Gasteiger partial charge in [0.1, 0.15) is 5.69 Å². The third-order valence-electron chi connectivity index (χ3n) is 4.49. The smallest absolute Gasteiger partial charge is 0.348 e. The van der Waals surface area contributed by atoms with E-state index in [2.05, 4.69) is 15.2 Å². The Morgan fingerprint density at radius 1 is 1.23 bits per heavy atom. The molecule has 0 radical (unpaired) electrons. The SMILES string of the molecule is O=C(NC1CCN2CCCCC12)c1ccc(C(F)(F)F)nc1. The number of alkyl halides is 3. The van der Waals surface area contributed by atoms with Gasteiger partial charge in [-0.1, -0.05) is 6.42 Å². The molecular weight excluding hydrogens is 295 g/mol. The van der Waals surface area contributed by atoms with E-state index in [-0.39, 0.29) is 17.5 Å². The minimum Gasteiger partial charge on any atom is -0.348 e. The Kier molecular flexibility index (Phi) is 4.08. The number of hydrogen-bond acceptors (Lipinski definition) is 3. The molecule has 0 aliphatic carbocycles. The molecule has 2 atom stereocenters. The number of amides is 1. The Morgan fingerprint density at radius 3 is 2.73 bits per heavy atom. The van der Waals surface area contributed by atoms with Gasteiger partial charge in [-0.25, -0.2) is 0 Å². The lowest BCUT2D eigenvalue weighted by atomic mass is 9.99. The summed E-state index contributed by atoms with van der Waals surface area (Å²) >= 11 is 0. The van der Waals surface area contributed by atoms with E-state index in [0.29, 0.717) is 6.04 Å². The molecule has 7 heteroatoms. The van der Waals surface area contributed by atoms with E-state index < -0.39 is 11.9 Å². The number of aromatic nitrogens is 1. The number of pyridine rings is 1. The summed E-state index contributed by atoms with van der Waals surface area (Å²) in [5.74, 6) is -0.348. The van der Waals surface area contributed by atoms with Crippen molar-refractivity contribution in [2.45, 2.75) is 43.9 Å². The Bertz CT molecular complexity index is 544. The van der Waals surface area contributed by atoms with Crippen molar-refractivity contribution in [1.82, 2.24) is 15.2 Å². The number of nitrogens with one attached hydrogen (secondary N) is 1. The molecule has 0 spiro atoms. The van der Waals surface area contributed by atoms with E-state index in [4.69, 9.17) is 0 Å². The maximum absolute atomic E-state index is 12.5. The molecule has 3 heterocycles. The van der Waals surface area contributed by atoms with Crippen LogP contribution < -0.4 is 5.32 Å². The molecule has 0 aromatic carbocycles. The molecule has 0 saturated carbocycles. The fourth-order valence-corrected chi connectivity index (χ4v) is 3.36. The van der Waals surface area contributed by atoms with Crippen LogP contribution in [0, 0.1) is 0 Å². The van der Waals surface area contributed by atoms with E-state index in [1.54, 1.807) is 0 Å². The first kappa shape index (κ1) is 15.3. The van der Waals surface area contributed by atoms with Crippen LogP contribution >= 0.6 is 0 Å². The molecule has 22 heavy (non-hydrogen) atoms. The maximum atomic E-state index is 12.5. The molecule has 120 valence electrons. The van der Waals surface area contributed by atoms with Crippen molar-refractivity contribution in [2.75, 3.05) is 13.1 Å². The van der Waals surface area contributed by atoms with E-state index in [1.807, 2.05) is 0 Å². The van der Waals surface area contributed by atoms with Gasteiger partial charge in [0, 0.05) is 24.8 Å². The number of hydrogen-bond donors (Lipinski definition) is 1. The minimum atomic E-state index is -4.48. The summed E-state index contributed by atoms with van der Waals surface area (Å²) in [6.07, 6.45) is 0.824. The Balaban J connectivity index is 1.64. The summed E-state index contributed by atoms with van der Waals surface area (Å²) in [6.45, 7) is 2.04. The van der Waals surface area contributed by atoms with E-state index in [1.165, 1.54) is 12.5 Å². The van der Waals surface area contributed by atoms with Crippen molar-refractivity contribution in [3.63, 3.8) is 0 Å². The van der Waals surface area contributed by atoms with Crippen molar-refractivity contribution in [3.8, 4) is 0 Å². The van der Waals surface area contributed by atoms with Gasteiger partial charge in [-0.05, 0) is 37.9 Å². The van der Waals surface area contributed by atoms with Crippen molar-refractivity contribution in [1.29, 1.82) is 0 Å². The van der Waals surface area contributed by atoms with Crippen LogP contribution in [0.15, 0.2) is 18.3 Å². The molecule has 2 fully saturated rings. The highest BCUT2D eigenvalue weighted by molar-refractivity contribution is 5.94. The number of carbonyl (C=O) groups excluding carboxylic acids is 1. The maximum Gasteiger partial charge on any atom is 0.433 e. The van der Waals surface area contributed by atoms with Crippen LogP contribution in [-0.2, 0) is 6.18 Å². The van der Waals surface area contributed by atoms with Crippen LogP contribution in [0.25, 0.3) is 0 Å². The zero-order chi connectivity index (χ0) is 15.7. The predicted octanol–water partition coefficient (Wildman–Crippen LogP) is 2.46. The van der Waals surface area contributed by atoms with Gasteiger partial charge in [-0.2, -0.15) is 13.2 Å². The van der Waals surface area contributed by atoms with Gasteiger partial charge < -0.3 is 5.32 Å². The quantitative estimate of drug-likeness (QED) is 0.912. The summed E-state index contributed by atoms with van der Waals surface area (Å²) in [5.41, 5.74) is -0.814. The molecule has 1 aromatic heterocycles. The Morgan fingerprint density at radius 2 is 2.05 bits per heavy atom. The lowest BCUT2D eigenvalue weighted by Crippen LogP contribution is -2.46. The van der Waals surface area contributed by atoms with Gasteiger partial charge in [0.15, 0.2) is 0 Å². The average molecular weight is 313 g/mol. The standard InChI is InChI=1S/C15H18F3N3O/c16-15(17,18)13-5-4-10(9-19-13)14(22)20-11-6-8-21-7-2-1-3-12(11)21/h4-5,9,11-12H,1-3,6-8H2,(H,20,22). The molecule has 2 aliphatic heterocycles. The topological polar surface area (TPSA) is 45.2 Å². The van der Waals surface area contributed by atoms with Crippen LogP contribution in [0.3, 0.4) is 0 Å². The van der Waals surface area contributed by atoms with Crippen LogP contribution in [-0.4, -0.2) is 41.0 Å². The second-order valence-electron chi connectivity index (χ2n) is 5.90. The van der Waals surface area contributed by atoms with Gasteiger partial charge in [0.05, 0.1) is 5.56 Å². The number of rotatable bonds is 2. The first-order valence-corrected chi connectivity index (χ1v) is 7.53.